The molecule has 10 aliphatic rings. The molecule has 6 saturated heterocycles. The quantitative estimate of drug-likeness (QED) is 0.224. The minimum Gasteiger partial charge on any atom is -0.445 e. The van der Waals surface area contributed by atoms with Crippen molar-refractivity contribution in [3.05, 3.63) is 29.8 Å². The first kappa shape index (κ1) is 41.5. The lowest BCUT2D eigenvalue weighted by atomic mass is 9.55. The zero-order chi connectivity index (χ0) is 41.0. The molecule has 1 aromatic rings. The van der Waals surface area contributed by atoms with Crippen LogP contribution in [0.2, 0.25) is 0 Å². The molecule has 10 fully saturated rings. The largest absolute Gasteiger partial charge is 0.445 e. The number of sulfone groups is 1. The van der Waals surface area contributed by atoms with E-state index >= 15 is 0 Å². The first-order valence-corrected chi connectivity index (χ1v) is 24.3. The molecule has 1 aromatic carbocycles. The molecule has 4 saturated carbocycles. The number of rotatable bonds is 9. The van der Waals surface area contributed by atoms with Crippen LogP contribution in [0.15, 0.2) is 29.2 Å². The fourth-order valence-corrected chi connectivity index (χ4v) is 15.6. The van der Waals surface area contributed by atoms with E-state index in [4.69, 9.17) is 33.8 Å². The molecule has 324 valence electrons. The van der Waals surface area contributed by atoms with E-state index in [0.717, 1.165) is 69.8 Å². The molecule has 12 heteroatoms. The predicted molar refractivity (Wildman–Crippen MR) is 216 cm³/mol. The van der Waals surface area contributed by atoms with E-state index in [1.807, 2.05) is 0 Å². The second-order valence-corrected chi connectivity index (χ2v) is 23.3. The molecule has 4 aliphatic carbocycles. The van der Waals surface area contributed by atoms with E-state index < -0.39 is 27.1 Å². The lowest BCUT2D eigenvalue weighted by Crippen LogP contribution is -2.69. The van der Waals surface area contributed by atoms with Crippen molar-refractivity contribution in [2.75, 3.05) is 19.8 Å². The monoisotopic (exact) mass is 827 g/mol. The maximum absolute atomic E-state index is 14.6. The van der Waals surface area contributed by atoms with Crippen LogP contribution in [0.5, 0.6) is 0 Å². The van der Waals surface area contributed by atoms with Gasteiger partial charge in [0.1, 0.15) is 29.0 Å². The average Bonchev–Trinajstić information content (AvgIpc) is 3.56. The smallest absolute Gasteiger partial charge is 0.409 e. The number of hydrogen-bond acceptors (Lipinski definition) is 10. The van der Waals surface area contributed by atoms with Crippen molar-refractivity contribution in [1.82, 2.24) is 4.90 Å². The first-order chi connectivity index (χ1) is 27.5. The third-order valence-corrected chi connectivity index (χ3v) is 19.2. The highest BCUT2D eigenvalue weighted by Gasteiger charge is 2.70. The maximum atomic E-state index is 14.6. The Hall–Kier alpha value is -1.80. The molecule has 2 spiro atoms. The fraction of sp³-hybridized carbons (Fsp3) is 0.848. The van der Waals surface area contributed by atoms with Crippen molar-refractivity contribution < 1.29 is 47.0 Å². The van der Waals surface area contributed by atoms with Crippen LogP contribution in [0.25, 0.3) is 0 Å². The highest BCUT2D eigenvalue weighted by molar-refractivity contribution is 7.91. The van der Waals surface area contributed by atoms with Crippen LogP contribution in [-0.2, 0) is 50.2 Å². The third-order valence-electron chi connectivity index (χ3n) is 17.3. The van der Waals surface area contributed by atoms with Crippen molar-refractivity contribution in [2.24, 2.45) is 53.3 Å². The highest BCUT2D eigenvalue weighted by atomic mass is 32.2. The van der Waals surface area contributed by atoms with Gasteiger partial charge in [-0.25, -0.2) is 32.8 Å². The summed E-state index contributed by atoms with van der Waals surface area (Å²) in [4.78, 5) is 39.5. The number of nitrogens with zero attached hydrogens (tertiary/aromatic N) is 1. The number of carbonyl (C=O) groups is 1. The Morgan fingerprint density at radius 1 is 0.724 bits per heavy atom. The van der Waals surface area contributed by atoms with Gasteiger partial charge >= 0.3 is 6.09 Å². The van der Waals surface area contributed by atoms with Crippen molar-refractivity contribution >= 4 is 15.9 Å². The Balaban J connectivity index is 1.01. The number of hydrogen-bond donors (Lipinski definition) is 0. The summed E-state index contributed by atoms with van der Waals surface area (Å²) in [6.45, 7) is 13.8. The van der Waals surface area contributed by atoms with Crippen molar-refractivity contribution in [3.8, 4) is 0 Å². The van der Waals surface area contributed by atoms with Gasteiger partial charge in [-0.2, -0.15) is 0 Å². The molecule has 16 atom stereocenters. The lowest BCUT2D eigenvalue weighted by molar-refractivity contribution is -0.488. The number of benzene rings is 1. The van der Waals surface area contributed by atoms with Crippen molar-refractivity contribution in [2.45, 2.75) is 177 Å². The molecule has 4 bridgehead atoms. The van der Waals surface area contributed by atoms with Crippen LogP contribution < -0.4 is 0 Å². The summed E-state index contributed by atoms with van der Waals surface area (Å²) in [6.07, 6.45) is 10.5. The van der Waals surface area contributed by atoms with Gasteiger partial charge in [-0.15, -0.1) is 0 Å². The molecule has 6 heterocycles. The predicted octanol–water partition coefficient (Wildman–Crippen LogP) is 8.47. The third kappa shape index (κ3) is 6.80. The number of amides is 1. The molecule has 11 nitrogen and oxygen atoms in total. The van der Waals surface area contributed by atoms with E-state index in [0.29, 0.717) is 36.5 Å². The van der Waals surface area contributed by atoms with Crippen LogP contribution >= 0.6 is 0 Å². The Bertz CT molecular complexity index is 1730. The van der Waals surface area contributed by atoms with E-state index in [1.165, 1.54) is 4.90 Å². The maximum Gasteiger partial charge on any atom is 0.409 e. The Morgan fingerprint density at radius 3 is 1.67 bits per heavy atom. The van der Waals surface area contributed by atoms with Gasteiger partial charge in [0.25, 0.3) is 0 Å². The Morgan fingerprint density at radius 2 is 1.21 bits per heavy atom. The topological polar surface area (TPSA) is 119 Å². The minimum absolute atomic E-state index is 0.00392. The standard InChI is InChI=1S/C46H69NO10S/c1-27-9-15-36-29(3)38(52-40-23-43(5)19-17-34(27)45(36,40)56-54-43)21-32(26-58(49,50)33-13-11-31(12-14-33)25-51-42(48)47(7)8)22-39-30(4)37-16-10-28(2)35-18-20-44(6)24-41(53-39)46(35,37)57-55-44/h11-14,27-30,32,34-41H,9-10,15-26H2,1-8H3/t27-,28-,29-,30-,34+,35+,36+,37+,38-,39-,40-,41-,43+,44+,45-,46-/m1/s1. The van der Waals surface area contributed by atoms with Crippen LogP contribution in [0.3, 0.4) is 0 Å². The van der Waals surface area contributed by atoms with Crippen LogP contribution in [0, 0.1) is 53.3 Å². The molecule has 0 unspecified atom stereocenters. The van der Waals surface area contributed by atoms with E-state index in [2.05, 4.69) is 41.5 Å². The molecule has 6 aliphatic heterocycles. The van der Waals surface area contributed by atoms with Crippen LogP contribution in [0.4, 0.5) is 4.79 Å². The second-order valence-electron chi connectivity index (χ2n) is 21.2. The van der Waals surface area contributed by atoms with E-state index in [9.17, 15) is 13.2 Å². The lowest BCUT2D eigenvalue weighted by Gasteiger charge is -2.62. The minimum atomic E-state index is -3.72. The second kappa shape index (κ2) is 14.9. The summed E-state index contributed by atoms with van der Waals surface area (Å²) in [5.74, 6) is 2.50. The fourth-order valence-electron chi connectivity index (χ4n) is 14.0. The van der Waals surface area contributed by atoms with Gasteiger partial charge in [0.05, 0.1) is 35.1 Å². The van der Waals surface area contributed by atoms with E-state index in [-0.39, 0.29) is 82.5 Å². The summed E-state index contributed by atoms with van der Waals surface area (Å²) in [5, 5.41) is 0. The van der Waals surface area contributed by atoms with Gasteiger partial charge in [-0.1, -0.05) is 39.8 Å². The van der Waals surface area contributed by atoms with Gasteiger partial charge < -0.3 is 19.1 Å². The first-order valence-electron chi connectivity index (χ1n) is 22.7. The molecular weight excluding hydrogens is 759 g/mol. The molecule has 58 heavy (non-hydrogen) atoms. The van der Waals surface area contributed by atoms with Crippen LogP contribution in [-0.4, -0.2) is 86.1 Å². The summed E-state index contributed by atoms with van der Waals surface area (Å²) in [6, 6.07) is 6.81. The molecular formula is C46H69NO10S. The van der Waals surface area contributed by atoms with E-state index in [1.54, 1.807) is 38.4 Å². The number of fused-ring (bicyclic) bond motifs is 4. The zero-order valence-corrected chi connectivity index (χ0v) is 37.0. The van der Waals surface area contributed by atoms with Crippen LogP contribution in [0.1, 0.15) is 124 Å². The van der Waals surface area contributed by atoms with Crippen molar-refractivity contribution in [3.63, 3.8) is 0 Å². The van der Waals surface area contributed by atoms with Gasteiger partial charge in [0, 0.05) is 26.9 Å². The number of carbonyl (C=O) groups excluding carboxylic acids is 1. The molecule has 0 aromatic heterocycles. The van der Waals surface area contributed by atoms with Gasteiger partial charge in [-0.05, 0) is 149 Å². The summed E-state index contributed by atoms with van der Waals surface area (Å²) < 4.78 is 49.1. The molecule has 1 amide bonds. The molecule has 11 rings (SSSR count). The highest BCUT2D eigenvalue weighted by Crippen LogP contribution is 2.64. The zero-order valence-electron chi connectivity index (χ0n) is 36.2. The Labute approximate surface area is 346 Å². The van der Waals surface area contributed by atoms with Gasteiger partial charge in [-0.3, -0.25) is 0 Å². The number of ether oxygens (including phenoxy) is 3. The Kier molecular flexibility index (Phi) is 10.7. The summed E-state index contributed by atoms with van der Waals surface area (Å²) in [5.41, 5.74) is -0.972. The summed E-state index contributed by atoms with van der Waals surface area (Å²) >= 11 is 0. The van der Waals surface area contributed by atoms with Crippen molar-refractivity contribution in [1.29, 1.82) is 0 Å². The normalized spacial score (nSPS) is 47.2. The molecule has 0 radical (unpaired) electrons. The SMILES string of the molecule is C[C@H]1[C@@H](CC(C[C@H]2O[C@@H]3C[C@]4(C)CC[C@H]5[C@H](C)CC[C@@H]([C@H]2C)[C@@]35OO4)CS(=O)(=O)c2ccc(COC(=O)N(C)C)cc2)O[C@@H]2C[C@]3(C)CC[C@H]4[C@H](C)CC[C@@H]1[C@@]24OO3. The molecule has 0 N–H and O–H groups in total. The van der Waals surface area contributed by atoms with Gasteiger partial charge in [0.2, 0.25) is 0 Å². The average molecular weight is 828 g/mol. The van der Waals surface area contributed by atoms with Gasteiger partial charge in [0.15, 0.2) is 9.84 Å². The summed E-state index contributed by atoms with van der Waals surface area (Å²) in [7, 11) is -0.454.